The Balaban J connectivity index is 2.20. The summed E-state index contributed by atoms with van der Waals surface area (Å²) >= 11 is 0. The normalized spacial score (nSPS) is 16.6. The SMILES string of the molecule is COc1ccc([N+](=O)[O-])cc1C1(c2cc(OC)c(N)c(OC)c2O)OC(=O)c2ccccc21. The lowest BCUT2D eigenvalue weighted by Crippen LogP contribution is -2.30. The van der Waals surface area contributed by atoms with Crippen LogP contribution in [0.4, 0.5) is 11.4 Å². The van der Waals surface area contributed by atoms with Crippen molar-refractivity contribution in [3.8, 4) is 23.0 Å². The second kappa shape index (κ2) is 7.90. The molecule has 10 heteroatoms. The van der Waals surface area contributed by atoms with E-state index in [0.29, 0.717) is 5.56 Å². The van der Waals surface area contributed by atoms with Gasteiger partial charge in [0.05, 0.1) is 42.9 Å². The number of carbonyl (C=O) groups excluding carboxylic acids is 1. The van der Waals surface area contributed by atoms with Gasteiger partial charge >= 0.3 is 5.97 Å². The van der Waals surface area contributed by atoms with Crippen molar-refractivity contribution < 1.29 is 33.8 Å². The van der Waals surface area contributed by atoms with E-state index in [-0.39, 0.29) is 45.3 Å². The average molecular weight is 452 g/mol. The lowest BCUT2D eigenvalue weighted by Gasteiger charge is -2.32. The van der Waals surface area contributed by atoms with Crippen LogP contribution in [-0.2, 0) is 10.3 Å². The molecule has 4 rings (SSSR count). The van der Waals surface area contributed by atoms with Gasteiger partial charge in [0.1, 0.15) is 17.2 Å². The molecule has 0 bridgehead atoms. The van der Waals surface area contributed by atoms with Crippen LogP contribution in [0.1, 0.15) is 27.0 Å². The topological polar surface area (TPSA) is 143 Å². The highest BCUT2D eigenvalue weighted by Crippen LogP contribution is 2.56. The summed E-state index contributed by atoms with van der Waals surface area (Å²) in [5, 5.41) is 22.8. The van der Waals surface area contributed by atoms with Crippen LogP contribution in [-0.4, -0.2) is 37.3 Å². The Morgan fingerprint density at radius 2 is 1.67 bits per heavy atom. The molecule has 0 aromatic heterocycles. The third-order valence-electron chi connectivity index (χ3n) is 5.60. The summed E-state index contributed by atoms with van der Waals surface area (Å²) in [6.07, 6.45) is 0. The molecule has 3 aromatic rings. The molecule has 33 heavy (non-hydrogen) atoms. The molecule has 1 unspecified atom stereocenters. The van der Waals surface area contributed by atoms with Crippen molar-refractivity contribution in [1.29, 1.82) is 0 Å². The van der Waals surface area contributed by atoms with Crippen molar-refractivity contribution in [3.05, 3.63) is 80.9 Å². The number of nitro benzene ring substituents is 1. The lowest BCUT2D eigenvalue weighted by atomic mass is 9.78. The van der Waals surface area contributed by atoms with Gasteiger partial charge in [-0.15, -0.1) is 0 Å². The zero-order valence-electron chi connectivity index (χ0n) is 17.9. The Morgan fingerprint density at radius 3 is 2.30 bits per heavy atom. The first-order valence-corrected chi connectivity index (χ1v) is 9.69. The number of benzene rings is 3. The third kappa shape index (κ3) is 3.06. The molecular weight excluding hydrogens is 432 g/mol. The van der Waals surface area contributed by atoms with Gasteiger partial charge in [-0.25, -0.2) is 4.79 Å². The van der Waals surface area contributed by atoms with Gasteiger partial charge in [0.15, 0.2) is 17.1 Å². The number of fused-ring (bicyclic) bond motifs is 1. The number of nitro groups is 1. The van der Waals surface area contributed by atoms with Gasteiger partial charge in [-0.3, -0.25) is 10.1 Å². The average Bonchev–Trinajstić information content (AvgIpc) is 3.12. The molecule has 1 atom stereocenters. The maximum atomic E-state index is 13.0. The minimum atomic E-state index is -1.83. The molecule has 0 spiro atoms. The van der Waals surface area contributed by atoms with E-state index < -0.39 is 22.2 Å². The molecular formula is C23H20N2O8. The Bertz CT molecular complexity index is 1290. The summed E-state index contributed by atoms with van der Waals surface area (Å²) in [6, 6.07) is 11.8. The van der Waals surface area contributed by atoms with Gasteiger partial charge in [0.2, 0.25) is 0 Å². The minimum absolute atomic E-state index is 0.0278. The van der Waals surface area contributed by atoms with Crippen LogP contribution < -0.4 is 19.9 Å². The van der Waals surface area contributed by atoms with Gasteiger partial charge in [-0.05, 0) is 18.2 Å². The van der Waals surface area contributed by atoms with Gasteiger partial charge in [-0.1, -0.05) is 18.2 Å². The fourth-order valence-electron chi connectivity index (χ4n) is 4.13. The molecule has 10 nitrogen and oxygen atoms in total. The maximum absolute atomic E-state index is 13.0. The largest absolute Gasteiger partial charge is 0.504 e. The van der Waals surface area contributed by atoms with Crippen LogP contribution in [0.15, 0.2) is 48.5 Å². The number of esters is 1. The van der Waals surface area contributed by atoms with E-state index >= 15 is 0 Å². The van der Waals surface area contributed by atoms with Crippen molar-refractivity contribution in [3.63, 3.8) is 0 Å². The van der Waals surface area contributed by atoms with Crippen LogP contribution in [0, 0.1) is 10.1 Å². The number of hydrogen-bond acceptors (Lipinski definition) is 9. The number of aromatic hydroxyl groups is 1. The number of methoxy groups -OCH3 is 3. The smallest absolute Gasteiger partial charge is 0.340 e. The van der Waals surface area contributed by atoms with Crippen LogP contribution in [0.5, 0.6) is 23.0 Å². The molecule has 3 aromatic carbocycles. The number of nitrogens with two attached hydrogens (primary N) is 1. The zero-order valence-corrected chi connectivity index (χ0v) is 17.9. The summed E-state index contributed by atoms with van der Waals surface area (Å²) in [5.74, 6) is -0.876. The molecule has 0 fully saturated rings. The van der Waals surface area contributed by atoms with Gasteiger partial charge in [0.25, 0.3) is 5.69 Å². The van der Waals surface area contributed by atoms with Crippen LogP contribution in [0.25, 0.3) is 0 Å². The van der Waals surface area contributed by atoms with E-state index in [4.69, 9.17) is 24.7 Å². The van der Waals surface area contributed by atoms with E-state index in [1.807, 2.05) is 0 Å². The number of hydrogen-bond donors (Lipinski definition) is 2. The number of cyclic esters (lactones) is 1. The number of rotatable bonds is 6. The number of ether oxygens (including phenoxy) is 4. The maximum Gasteiger partial charge on any atom is 0.340 e. The Hall–Kier alpha value is -4.47. The Morgan fingerprint density at radius 1 is 0.970 bits per heavy atom. The summed E-state index contributed by atoms with van der Waals surface area (Å²) in [7, 11) is 4.07. The van der Waals surface area contributed by atoms with Crippen LogP contribution >= 0.6 is 0 Å². The monoisotopic (exact) mass is 452 g/mol. The predicted molar refractivity (Wildman–Crippen MR) is 117 cm³/mol. The third-order valence-corrected chi connectivity index (χ3v) is 5.60. The molecule has 1 aliphatic heterocycles. The van der Waals surface area contributed by atoms with E-state index in [0.717, 1.165) is 0 Å². The first-order valence-electron chi connectivity index (χ1n) is 9.69. The lowest BCUT2D eigenvalue weighted by molar-refractivity contribution is -0.385. The second-order valence-corrected chi connectivity index (χ2v) is 7.18. The molecule has 1 aliphatic rings. The molecule has 0 saturated heterocycles. The molecule has 170 valence electrons. The quantitative estimate of drug-likeness (QED) is 0.249. The number of phenolic OH excluding ortho intramolecular Hbond substituents is 1. The fourth-order valence-corrected chi connectivity index (χ4v) is 4.13. The van der Waals surface area contributed by atoms with Gasteiger partial charge < -0.3 is 29.8 Å². The van der Waals surface area contributed by atoms with E-state index in [9.17, 15) is 20.0 Å². The number of non-ortho nitro benzene ring substituents is 1. The van der Waals surface area contributed by atoms with Crippen molar-refractivity contribution in [2.24, 2.45) is 0 Å². The number of nitrogen functional groups attached to an aromatic ring is 1. The number of phenols is 1. The number of carbonyl (C=O) groups is 1. The summed E-state index contributed by atoms with van der Waals surface area (Å²) in [4.78, 5) is 24.0. The van der Waals surface area contributed by atoms with Crippen molar-refractivity contribution in [2.45, 2.75) is 5.60 Å². The Kier molecular flexibility index (Phi) is 5.21. The van der Waals surface area contributed by atoms with Gasteiger partial charge in [0, 0.05) is 17.7 Å². The van der Waals surface area contributed by atoms with Crippen LogP contribution in [0.3, 0.4) is 0 Å². The van der Waals surface area contributed by atoms with Crippen molar-refractivity contribution in [2.75, 3.05) is 27.1 Å². The highest BCUT2D eigenvalue weighted by molar-refractivity contribution is 5.97. The van der Waals surface area contributed by atoms with E-state index in [1.165, 1.54) is 45.6 Å². The first-order chi connectivity index (χ1) is 15.8. The second-order valence-electron chi connectivity index (χ2n) is 7.18. The molecule has 0 amide bonds. The number of anilines is 1. The molecule has 3 N–H and O–H groups in total. The first kappa shape index (κ1) is 21.8. The molecule has 0 radical (unpaired) electrons. The summed E-state index contributed by atoms with van der Waals surface area (Å²) in [6.45, 7) is 0. The van der Waals surface area contributed by atoms with Crippen molar-refractivity contribution in [1.82, 2.24) is 0 Å². The fraction of sp³-hybridized carbons (Fsp3) is 0.174. The van der Waals surface area contributed by atoms with Crippen molar-refractivity contribution >= 4 is 17.3 Å². The zero-order chi connectivity index (χ0) is 23.9. The highest BCUT2D eigenvalue weighted by atomic mass is 16.6. The summed E-state index contributed by atoms with van der Waals surface area (Å²) < 4.78 is 22.1. The highest BCUT2D eigenvalue weighted by Gasteiger charge is 2.53. The standard InChI is InChI=1S/C23H20N2O8/c1-30-17-9-8-12(25(28)29)10-15(17)23(14-7-5-4-6-13(14)22(27)33-23)16-11-18(31-2)19(24)21(32-3)20(16)26/h4-11,26H,24H2,1-3H3. The molecule has 0 saturated carbocycles. The predicted octanol–water partition coefficient (Wildman–Crippen LogP) is 3.37. The summed E-state index contributed by atoms with van der Waals surface area (Å²) in [5.41, 5.74) is 4.72. The Labute approximate surface area is 188 Å². The van der Waals surface area contributed by atoms with Crippen LogP contribution in [0.2, 0.25) is 0 Å². The molecule has 1 heterocycles. The molecule has 0 aliphatic carbocycles. The van der Waals surface area contributed by atoms with E-state index in [1.54, 1.807) is 24.3 Å². The van der Waals surface area contributed by atoms with Gasteiger partial charge in [-0.2, -0.15) is 0 Å². The number of nitrogens with zero attached hydrogens (tertiary/aromatic N) is 1. The minimum Gasteiger partial charge on any atom is -0.504 e. The van der Waals surface area contributed by atoms with E-state index in [2.05, 4.69) is 0 Å².